The molecule has 0 unspecified atom stereocenters. The minimum absolute atomic E-state index is 0.102. The Labute approximate surface area is 143 Å². The molecule has 24 heavy (non-hydrogen) atoms. The second kappa shape index (κ2) is 7.42. The average Bonchev–Trinajstić information content (AvgIpc) is 3.04. The molecule has 0 amide bonds. The Hall–Kier alpha value is -1.76. The Morgan fingerprint density at radius 3 is 2.79 bits per heavy atom. The molecule has 130 valence electrons. The molecular formula is C18H26N4O2. The summed E-state index contributed by atoms with van der Waals surface area (Å²) < 4.78 is 11.0. The predicted molar refractivity (Wildman–Crippen MR) is 92.5 cm³/mol. The van der Waals surface area contributed by atoms with E-state index in [-0.39, 0.29) is 5.54 Å². The molecule has 0 atom stereocenters. The van der Waals surface area contributed by atoms with Gasteiger partial charge in [-0.2, -0.15) is 0 Å². The molecule has 3 heterocycles. The van der Waals surface area contributed by atoms with Gasteiger partial charge in [0, 0.05) is 49.2 Å². The van der Waals surface area contributed by atoms with E-state index >= 15 is 0 Å². The lowest BCUT2D eigenvalue weighted by atomic mass is 10.0. The average molecular weight is 330 g/mol. The quantitative estimate of drug-likeness (QED) is 0.810. The summed E-state index contributed by atoms with van der Waals surface area (Å²) in [5.41, 5.74) is 1.91. The van der Waals surface area contributed by atoms with Crippen LogP contribution in [0.3, 0.4) is 0 Å². The van der Waals surface area contributed by atoms with Crippen molar-refractivity contribution >= 4 is 0 Å². The first kappa shape index (κ1) is 17.1. The molecule has 1 aliphatic heterocycles. The van der Waals surface area contributed by atoms with E-state index in [1.807, 2.05) is 18.2 Å². The molecule has 2 aromatic rings. The lowest BCUT2D eigenvalue weighted by molar-refractivity contribution is -0.0205. The number of likely N-dealkylation sites (N-methyl/N-ethyl adjacent to an activating group) is 1. The Morgan fingerprint density at radius 2 is 2.08 bits per heavy atom. The molecule has 2 aromatic heterocycles. The Bertz CT molecular complexity index is 635. The van der Waals surface area contributed by atoms with Crippen LogP contribution >= 0.6 is 0 Å². The van der Waals surface area contributed by atoms with Crippen LogP contribution in [0.4, 0.5) is 0 Å². The van der Waals surface area contributed by atoms with Gasteiger partial charge in [-0.3, -0.25) is 14.8 Å². The molecule has 0 bridgehead atoms. The Balaban J connectivity index is 1.58. The van der Waals surface area contributed by atoms with Crippen LogP contribution in [0.25, 0.3) is 11.3 Å². The zero-order chi connectivity index (χ0) is 17.0. The van der Waals surface area contributed by atoms with E-state index in [2.05, 4.69) is 40.8 Å². The summed E-state index contributed by atoms with van der Waals surface area (Å²) in [6.07, 6.45) is 3.55. The van der Waals surface area contributed by atoms with Crippen molar-refractivity contribution in [2.75, 3.05) is 39.9 Å². The Morgan fingerprint density at radius 1 is 1.29 bits per heavy atom. The summed E-state index contributed by atoms with van der Waals surface area (Å²) in [7, 11) is 2.12. The number of morpholine rings is 1. The van der Waals surface area contributed by atoms with Crippen molar-refractivity contribution < 1.29 is 9.26 Å². The summed E-state index contributed by atoms with van der Waals surface area (Å²) >= 11 is 0. The molecule has 0 radical (unpaired) electrons. The third kappa shape index (κ3) is 4.20. The third-order valence-electron chi connectivity index (χ3n) is 4.47. The fourth-order valence-electron chi connectivity index (χ4n) is 3.29. The maximum Gasteiger partial charge on any atom is 0.151 e. The number of aromatic nitrogens is 2. The minimum atomic E-state index is 0.102. The van der Waals surface area contributed by atoms with E-state index in [4.69, 9.17) is 9.26 Å². The maximum atomic E-state index is 5.50. The van der Waals surface area contributed by atoms with Crippen LogP contribution in [-0.4, -0.2) is 65.4 Å². The summed E-state index contributed by atoms with van der Waals surface area (Å²) in [5.74, 6) is 0.870. The highest BCUT2D eigenvalue weighted by molar-refractivity contribution is 5.57. The summed E-state index contributed by atoms with van der Waals surface area (Å²) in [6.45, 7) is 9.90. The van der Waals surface area contributed by atoms with Gasteiger partial charge >= 0.3 is 0 Å². The van der Waals surface area contributed by atoms with Gasteiger partial charge < -0.3 is 9.26 Å². The lowest BCUT2D eigenvalue weighted by Crippen LogP contribution is -2.54. The summed E-state index contributed by atoms with van der Waals surface area (Å²) in [5, 5.41) is 4.16. The molecule has 0 spiro atoms. The summed E-state index contributed by atoms with van der Waals surface area (Å²) in [4.78, 5) is 8.90. The van der Waals surface area contributed by atoms with Crippen molar-refractivity contribution in [1.29, 1.82) is 0 Å². The van der Waals surface area contributed by atoms with Gasteiger partial charge in [-0.25, -0.2) is 0 Å². The van der Waals surface area contributed by atoms with Crippen LogP contribution in [0, 0.1) is 0 Å². The van der Waals surface area contributed by atoms with Crippen LogP contribution in [0.5, 0.6) is 0 Å². The van der Waals surface area contributed by atoms with Gasteiger partial charge in [-0.15, -0.1) is 0 Å². The standard InChI is InChI=1S/C18H26N4O2/c1-18(2,22-7-9-23-10-8-22)14-21(3)13-16-11-17(20-24-16)15-5-4-6-19-12-15/h4-6,11-12H,7-10,13-14H2,1-3H3. The molecule has 0 N–H and O–H groups in total. The smallest absolute Gasteiger partial charge is 0.151 e. The second-order valence-corrected chi connectivity index (χ2v) is 7.00. The number of pyridine rings is 1. The van der Waals surface area contributed by atoms with E-state index in [0.29, 0.717) is 0 Å². The predicted octanol–water partition coefficient (Wildman–Crippen LogP) is 2.28. The number of hydrogen-bond acceptors (Lipinski definition) is 6. The molecule has 0 aliphatic carbocycles. The number of hydrogen-bond donors (Lipinski definition) is 0. The van der Waals surface area contributed by atoms with E-state index in [1.165, 1.54) is 0 Å². The van der Waals surface area contributed by atoms with Crippen molar-refractivity contribution in [3.63, 3.8) is 0 Å². The first-order valence-corrected chi connectivity index (χ1v) is 8.42. The van der Waals surface area contributed by atoms with Crippen molar-refractivity contribution in [3.05, 3.63) is 36.4 Å². The molecule has 1 saturated heterocycles. The van der Waals surface area contributed by atoms with E-state index in [1.54, 1.807) is 12.4 Å². The highest BCUT2D eigenvalue weighted by Crippen LogP contribution is 2.21. The fourth-order valence-corrected chi connectivity index (χ4v) is 3.29. The fraction of sp³-hybridized carbons (Fsp3) is 0.556. The zero-order valence-corrected chi connectivity index (χ0v) is 14.7. The molecule has 1 fully saturated rings. The van der Waals surface area contributed by atoms with Crippen LogP contribution < -0.4 is 0 Å². The van der Waals surface area contributed by atoms with Crippen LogP contribution in [0.1, 0.15) is 19.6 Å². The summed E-state index contributed by atoms with van der Waals surface area (Å²) in [6, 6.07) is 5.88. The van der Waals surface area contributed by atoms with E-state index < -0.39 is 0 Å². The Kier molecular flexibility index (Phi) is 5.28. The minimum Gasteiger partial charge on any atom is -0.379 e. The van der Waals surface area contributed by atoms with Gasteiger partial charge in [0.05, 0.1) is 19.8 Å². The monoisotopic (exact) mass is 330 g/mol. The third-order valence-corrected chi connectivity index (χ3v) is 4.47. The normalized spacial score (nSPS) is 16.7. The second-order valence-electron chi connectivity index (χ2n) is 7.00. The van der Waals surface area contributed by atoms with Crippen LogP contribution in [0.15, 0.2) is 35.1 Å². The number of nitrogens with zero attached hydrogens (tertiary/aromatic N) is 4. The molecule has 1 aliphatic rings. The van der Waals surface area contributed by atoms with Gasteiger partial charge in [0.1, 0.15) is 5.69 Å². The van der Waals surface area contributed by atoms with E-state index in [9.17, 15) is 0 Å². The van der Waals surface area contributed by atoms with Crippen molar-refractivity contribution in [2.24, 2.45) is 0 Å². The molecule has 0 aromatic carbocycles. The van der Waals surface area contributed by atoms with Gasteiger partial charge in [-0.1, -0.05) is 5.16 Å². The van der Waals surface area contributed by atoms with Gasteiger partial charge in [-0.05, 0) is 33.0 Å². The maximum absolute atomic E-state index is 5.50. The SMILES string of the molecule is CN(Cc1cc(-c2cccnc2)no1)CC(C)(C)N1CCOCC1. The first-order valence-electron chi connectivity index (χ1n) is 8.42. The lowest BCUT2D eigenvalue weighted by Gasteiger charge is -2.42. The number of ether oxygens (including phenoxy) is 1. The van der Waals surface area contributed by atoms with Crippen LogP contribution in [0.2, 0.25) is 0 Å². The molecule has 0 saturated carbocycles. The molecular weight excluding hydrogens is 304 g/mol. The van der Waals surface area contributed by atoms with Crippen molar-refractivity contribution in [2.45, 2.75) is 25.9 Å². The molecule has 6 heteroatoms. The van der Waals surface area contributed by atoms with Gasteiger partial charge in [0.15, 0.2) is 5.76 Å². The molecule has 6 nitrogen and oxygen atoms in total. The van der Waals surface area contributed by atoms with Crippen molar-refractivity contribution in [1.82, 2.24) is 19.9 Å². The van der Waals surface area contributed by atoms with Crippen molar-refractivity contribution in [3.8, 4) is 11.3 Å². The highest BCUT2D eigenvalue weighted by atomic mass is 16.5. The van der Waals surface area contributed by atoms with Crippen LogP contribution in [-0.2, 0) is 11.3 Å². The zero-order valence-electron chi connectivity index (χ0n) is 14.7. The first-order chi connectivity index (χ1) is 11.5. The number of rotatable bonds is 6. The van der Waals surface area contributed by atoms with Gasteiger partial charge in [0.2, 0.25) is 0 Å². The van der Waals surface area contributed by atoms with Gasteiger partial charge in [0.25, 0.3) is 0 Å². The molecule has 3 rings (SSSR count). The highest BCUT2D eigenvalue weighted by Gasteiger charge is 2.29. The largest absolute Gasteiger partial charge is 0.379 e. The topological polar surface area (TPSA) is 54.6 Å². The van der Waals surface area contributed by atoms with E-state index in [0.717, 1.165) is 56.4 Å².